The van der Waals surface area contributed by atoms with E-state index in [9.17, 15) is 0 Å². The van der Waals surface area contributed by atoms with Crippen LogP contribution in [0.25, 0.3) is 0 Å². The maximum atomic E-state index is 5.73. The molecule has 1 heterocycles. The average molecular weight is 148 g/mol. The maximum Gasteiger partial charge on any atom is 0.0605 e. The first kappa shape index (κ1) is 6.65. The third-order valence-electron chi connectivity index (χ3n) is 2.28. The van der Waals surface area contributed by atoms with Crippen LogP contribution in [0.4, 0.5) is 5.69 Å². The monoisotopic (exact) mass is 148 g/mol. The first-order valence-electron chi connectivity index (χ1n) is 4.02. The van der Waals surface area contributed by atoms with Gasteiger partial charge in [0.05, 0.1) is 11.4 Å². The molecule has 2 heteroatoms. The number of nitrogens with two attached hydrogens (primary N) is 1. The van der Waals surface area contributed by atoms with Crippen LogP contribution in [0.1, 0.15) is 23.4 Å². The summed E-state index contributed by atoms with van der Waals surface area (Å²) in [5.41, 5.74) is 10.2. The fourth-order valence-electron chi connectivity index (χ4n) is 1.59. The lowest BCUT2D eigenvalue weighted by Crippen LogP contribution is -1.97. The Kier molecular flexibility index (Phi) is 1.34. The smallest absolute Gasteiger partial charge is 0.0605 e. The van der Waals surface area contributed by atoms with Crippen LogP contribution in [0.3, 0.4) is 0 Å². The zero-order chi connectivity index (χ0) is 7.84. The molecule has 2 N–H and O–H groups in total. The molecule has 0 amide bonds. The van der Waals surface area contributed by atoms with Crippen LogP contribution in [0.15, 0.2) is 6.07 Å². The molecule has 1 aliphatic rings. The Balaban J connectivity index is 2.57. The lowest BCUT2D eigenvalue weighted by Gasteiger charge is -2.02. The van der Waals surface area contributed by atoms with Crippen molar-refractivity contribution in [3.8, 4) is 0 Å². The molecule has 1 aliphatic carbocycles. The summed E-state index contributed by atoms with van der Waals surface area (Å²) in [6.45, 7) is 1.97. The van der Waals surface area contributed by atoms with Crippen molar-refractivity contribution >= 4 is 5.69 Å². The van der Waals surface area contributed by atoms with Gasteiger partial charge in [-0.15, -0.1) is 0 Å². The molecule has 2 nitrogen and oxygen atoms in total. The fourth-order valence-corrected chi connectivity index (χ4v) is 1.59. The minimum absolute atomic E-state index is 0.839. The first-order valence-corrected chi connectivity index (χ1v) is 4.02. The number of pyridine rings is 1. The molecule has 2 rings (SSSR count). The van der Waals surface area contributed by atoms with Gasteiger partial charge in [-0.3, -0.25) is 4.98 Å². The number of nitrogen functional groups attached to an aromatic ring is 1. The number of hydrogen-bond acceptors (Lipinski definition) is 2. The van der Waals surface area contributed by atoms with Crippen molar-refractivity contribution in [3.05, 3.63) is 23.0 Å². The fraction of sp³-hybridized carbons (Fsp3) is 0.444. The van der Waals surface area contributed by atoms with Gasteiger partial charge < -0.3 is 5.73 Å². The van der Waals surface area contributed by atoms with Crippen LogP contribution >= 0.6 is 0 Å². The van der Waals surface area contributed by atoms with Crippen LogP contribution in [0, 0.1) is 6.92 Å². The summed E-state index contributed by atoms with van der Waals surface area (Å²) in [5, 5.41) is 0. The van der Waals surface area contributed by atoms with Gasteiger partial charge in [0, 0.05) is 5.69 Å². The van der Waals surface area contributed by atoms with Crippen molar-refractivity contribution in [2.24, 2.45) is 0 Å². The molecular formula is C9H12N2. The Morgan fingerprint density at radius 3 is 3.09 bits per heavy atom. The highest BCUT2D eigenvalue weighted by molar-refractivity contribution is 5.47. The topological polar surface area (TPSA) is 38.9 Å². The SMILES string of the molecule is Cc1nc2c(cc1N)CCC2. The van der Waals surface area contributed by atoms with Gasteiger partial charge >= 0.3 is 0 Å². The van der Waals surface area contributed by atoms with Gasteiger partial charge in [0.15, 0.2) is 0 Å². The van der Waals surface area contributed by atoms with E-state index >= 15 is 0 Å². The molecule has 0 bridgehead atoms. The van der Waals surface area contributed by atoms with Gasteiger partial charge in [-0.25, -0.2) is 0 Å². The Labute approximate surface area is 66.4 Å². The number of nitrogens with zero attached hydrogens (tertiary/aromatic N) is 1. The van der Waals surface area contributed by atoms with Crippen LogP contribution in [-0.4, -0.2) is 4.98 Å². The number of anilines is 1. The quantitative estimate of drug-likeness (QED) is 0.605. The summed E-state index contributed by atoms with van der Waals surface area (Å²) in [4.78, 5) is 4.43. The van der Waals surface area contributed by atoms with Crippen molar-refractivity contribution in [3.63, 3.8) is 0 Å². The predicted molar refractivity (Wildman–Crippen MR) is 45.4 cm³/mol. The Bertz CT molecular complexity index is 263. The van der Waals surface area contributed by atoms with Crippen molar-refractivity contribution in [1.82, 2.24) is 4.98 Å². The minimum Gasteiger partial charge on any atom is -0.397 e. The number of rotatable bonds is 0. The molecule has 0 radical (unpaired) electrons. The Morgan fingerprint density at radius 2 is 2.27 bits per heavy atom. The lowest BCUT2D eigenvalue weighted by atomic mass is 10.2. The molecule has 0 fully saturated rings. The summed E-state index contributed by atoms with van der Waals surface area (Å²) in [5.74, 6) is 0. The highest BCUT2D eigenvalue weighted by Gasteiger charge is 2.12. The third-order valence-corrected chi connectivity index (χ3v) is 2.28. The second-order valence-corrected chi connectivity index (χ2v) is 3.12. The summed E-state index contributed by atoms with van der Waals surface area (Å²) in [6, 6.07) is 2.07. The molecule has 11 heavy (non-hydrogen) atoms. The van der Waals surface area contributed by atoms with E-state index in [1.807, 2.05) is 6.92 Å². The normalized spacial score (nSPS) is 15.0. The summed E-state index contributed by atoms with van der Waals surface area (Å²) in [6.07, 6.45) is 3.54. The predicted octanol–water partition coefficient (Wildman–Crippen LogP) is 1.46. The molecule has 0 unspecified atom stereocenters. The first-order chi connectivity index (χ1) is 5.27. The van der Waals surface area contributed by atoms with Gasteiger partial charge in [-0.05, 0) is 37.8 Å². The number of aryl methyl sites for hydroxylation is 3. The highest BCUT2D eigenvalue weighted by atomic mass is 14.8. The molecule has 1 aromatic rings. The van der Waals surface area contributed by atoms with Gasteiger partial charge in [0.1, 0.15) is 0 Å². The zero-order valence-corrected chi connectivity index (χ0v) is 6.72. The molecule has 0 atom stereocenters. The van der Waals surface area contributed by atoms with Crippen LogP contribution in [-0.2, 0) is 12.8 Å². The molecule has 0 saturated heterocycles. The molecule has 58 valence electrons. The Hall–Kier alpha value is -1.05. The summed E-state index contributed by atoms with van der Waals surface area (Å²) < 4.78 is 0. The molecule has 0 aliphatic heterocycles. The van der Waals surface area contributed by atoms with E-state index in [2.05, 4.69) is 11.1 Å². The van der Waals surface area contributed by atoms with Gasteiger partial charge in [-0.2, -0.15) is 0 Å². The molecule has 0 aromatic carbocycles. The van der Waals surface area contributed by atoms with Crippen LogP contribution in [0.5, 0.6) is 0 Å². The van der Waals surface area contributed by atoms with E-state index in [0.29, 0.717) is 0 Å². The van der Waals surface area contributed by atoms with E-state index < -0.39 is 0 Å². The number of aromatic nitrogens is 1. The van der Waals surface area contributed by atoms with Gasteiger partial charge in [0.2, 0.25) is 0 Å². The summed E-state index contributed by atoms with van der Waals surface area (Å²) >= 11 is 0. The van der Waals surface area contributed by atoms with E-state index in [1.165, 1.54) is 17.7 Å². The molecule has 1 aromatic heterocycles. The van der Waals surface area contributed by atoms with Crippen LogP contribution in [0.2, 0.25) is 0 Å². The second-order valence-electron chi connectivity index (χ2n) is 3.12. The van der Waals surface area contributed by atoms with Crippen molar-refractivity contribution in [2.75, 3.05) is 5.73 Å². The van der Waals surface area contributed by atoms with Crippen molar-refractivity contribution < 1.29 is 0 Å². The van der Waals surface area contributed by atoms with Crippen molar-refractivity contribution in [2.45, 2.75) is 26.2 Å². The minimum atomic E-state index is 0.839. The van der Waals surface area contributed by atoms with Gasteiger partial charge in [-0.1, -0.05) is 0 Å². The molecule has 0 saturated carbocycles. The second kappa shape index (κ2) is 2.22. The largest absolute Gasteiger partial charge is 0.397 e. The average Bonchev–Trinajstić information content (AvgIpc) is 2.36. The van der Waals surface area contributed by atoms with E-state index in [4.69, 9.17) is 5.73 Å². The maximum absolute atomic E-state index is 5.73. The Morgan fingerprint density at radius 1 is 1.45 bits per heavy atom. The highest BCUT2D eigenvalue weighted by Crippen LogP contribution is 2.23. The van der Waals surface area contributed by atoms with Crippen LogP contribution < -0.4 is 5.73 Å². The standard InChI is InChI=1S/C9H12N2/c1-6-8(10)5-7-3-2-4-9(7)11-6/h5H,2-4,10H2,1H3. The molecule has 0 spiro atoms. The van der Waals surface area contributed by atoms with E-state index in [-0.39, 0.29) is 0 Å². The van der Waals surface area contributed by atoms with Gasteiger partial charge in [0.25, 0.3) is 0 Å². The third kappa shape index (κ3) is 0.985. The number of fused-ring (bicyclic) bond motifs is 1. The van der Waals surface area contributed by atoms with E-state index in [1.54, 1.807) is 0 Å². The number of hydrogen-bond donors (Lipinski definition) is 1. The van der Waals surface area contributed by atoms with E-state index in [0.717, 1.165) is 24.2 Å². The van der Waals surface area contributed by atoms with Crippen molar-refractivity contribution in [1.29, 1.82) is 0 Å². The zero-order valence-electron chi connectivity index (χ0n) is 6.72. The molecular weight excluding hydrogens is 136 g/mol. The lowest BCUT2D eigenvalue weighted by molar-refractivity contribution is 0.897. The summed E-state index contributed by atoms with van der Waals surface area (Å²) in [7, 11) is 0.